The van der Waals surface area contributed by atoms with Crippen LogP contribution in [0.4, 0.5) is 0 Å². The topological polar surface area (TPSA) is 50.2 Å². The number of hydrogen-bond acceptors (Lipinski definition) is 2. The van der Waals surface area contributed by atoms with Gasteiger partial charge in [0.15, 0.2) is 0 Å². The van der Waals surface area contributed by atoms with Crippen molar-refractivity contribution in [3.05, 3.63) is 29.1 Å². The van der Waals surface area contributed by atoms with Crippen molar-refractivity contribution in [1.29, 1.82) is 0 Å². The van der Waals surface area contributed by atoms with Crippen molar-refractivity contribution < 1.29 is 9.90 Å². The van der Waals surface area contributed by atoms with Crippen LogP contribution in [0.5, 0.6) is 0 Å². The van der Waals surface area contributed by atoms with Gasteiger partial charge in [-0.15, -0.1) is 0 Å². The molecule has 1 saturated carbocycles. The average molecular weight is 247 g/mol. The summed E-state index contributed by atoms with van der Waals surface area (Å²) in [6.45, 7) is 2.06. The molecule has 1 aliphatic carbocycles. The number of rotatable bonds is 4. The van der Waals surface area contributed by atoms with Gasteiger partial charge < -0.3 is 5.11 Å². The van der Waals surface area contributed by atoms with Crippen molar-refractivity contribution in [2.24, 2.45) is 0 Å². The number of aromatic nitrogens is 1. The molecule has 0 aliphatic heterocycles. The Balaban J connectivity index is 2.26. The molecule has 1 aliphatic rings. The summed E-state index contributed by atoms with van der Waals surface area (Å²) in [5.41, 5.74) is 2.23. The van der Waals surface area contributed by atoms with E-state index < -0.39 is 5.97 Å². The van der Waals surface area contributed by atoms with Crippen molar-refractivity contribution >= 4 is 5.97 Å². The summed E-state index contributed by atoms with van der Waals surface area (Å²) in [5.74, 6) is -0.321. The number of nitrogens with zero attached hydrogens (tertiary/aromatic N) is 1. The Labute approximate surface area is 108 Å². The lowest BCUT2D eigenvalue weighted by atomic mass is 9.86. The molecule has 0 bridgehead atoms. The number of hydrogen-bond donors (Lipinski definition) is 1. The largest absolute Gasteiger partial charge is 0.478 e. The van der Waals surface area contributed by atoms with E-state index in [1.54, 1.807) is 6.07 Å². The van der Waals surface area contributed by atoms with Crippen LogP contribution in [0.3, 0.4) is 0 Å². The quantitative estimate of drug-likeness (QED) is 0.880. The number of pyridine rings is 1. The molecule has 1 fully saturated rings. The molecule has 1 heterocycles. The summed E-state index contributed by atoms with van der Waals surface area (Å²) in [6, 6.07) is 3.66. The van der Waals surface area contributed by atoms with Gasteiger partial charge in [0, 0.05) is 11.6 Å². The highest BCUT2D eigenvalue weighted by Crippen LogP contribution is 2.32. The number of carbonyl (C=O) groups is 1. The van der Waals surface area contributed by atoms with Crippen LogP contribution < -0.4 is 0 Å². The Bertz CT molecular complexity index is 423. The van der Waals surface area contributed by atoms with Gasteiger partial charge in [-0.3, -0.25) is 4.98 Å². The van der Waals surface area contributed by atoms with Crippen LogP contribution in [0.15, 0.2) is 12.1 Å². The van der Waals surface area contributed by atoms with Crippen molar-refractivity contribution in [2.75, 3.05) is 0 Å². The molecule has 3 nitrogen and oxygen atoms in total. The van der Waals surface area contributed by atoms with Crippen LogP contribution in [0.25, 0.3) is 0 Å². The zero-order chi connectivity index (χ0) is 13.0. The fourth-order valence-electron chi connectivity index (χ4n) is 2.77. The first-order chi connectivity index (χ1) is 8.72. The SMILES string of the molecule is CCCc1nc(C2CCCCC2)ccc1C(=O)O. The minimum absolute atomic E-state index is 0.372. The van der Waals surface area contributed by atoms with Crippen molar-refractivity contribution in [1.82, 2.24) is 4.98 Å². The lowest BCUT2D eigenvalue weighted by molar-refractivity contribution is 0.0695. The molecule has 0 radical (unpaired) electrons. The van der Waals surface area contributed by atoms with E-state index in [-0.39, 0.29) is 0 Å². The zero-order valence-corrected chi connectivity index (χ0v) is 11.0. The first-order valence-electron chi connectivity index (χ1n) is 6.95. The second kappa shape index (κ2) is 5.98. The molecule has 0 aromatic carbocycles. The number of aromatic carboxylic acids is 1. The summed E-state index contributed by atoms with van der Waals surface area (Å²) < 4.78 is 0. The highest BCUT2D eigenvalue weighted by Gasteiger charge is 2.19. The normalized spacial score (nSPS) is 16.7. The van der Waals surface area contributed by atoms with E-state index in [2.05, 4.69) is 11.9 Å². The van der Waals surface area contributed by atoms with Crippen LogP contribution in [-0.2, 0) is 6.42 Å². The van der Waals surface area contributed by atoms with Gasteiger partial charge in [-0.05, 0) is 31.4 Å². The van der Waals surface area contributed by atoms with E-state index in [9.17, 15) is 4.79 Å². The minimum atomic E-state index is -0.860. The van der Waals surface area contributed by atoms with Crippen LogP contribution in [0.1, 0.15) is 73.1 Å². The van der Waals surface area contributed by atoms with Crippen molar-refractivity contribution in [2.45, 2.75) is 57.8 Å². The second-order valence-electron chi connectivity index (χ2n) is 5.12. The molecular weight excluding hydrogens is 226 g/mol. The van der Waals surface area contributed by atoms with E-state index in [1.807, 2.05) is 6.07 Å². The fourth-order valence-corrected chi connectivity index (χ4v) is 2.77. The van der Waals surface area contributed by atoms with Crippen LogP contribution >= 0.6 is 0 Å². The first-order valence-corrected chi connectivity index (χ1v) is 6.95. The Kier molecular flexibility index (Phi) is 4.34. The summed E-state index contributed by atoms with van der Waals surface area (Å²) in [5, 5.41) is 9.15. The fraction of sp³-hybridized carbons (Fsp3) is 0.600. The molecular formula is C15H21NO2. The molecule has 0 unspecified atom stereocenters. The monoisotopic (exact) mass is 247 g/mol. The molecule has 1 N–H and O–H groups in total. The van der Waals surface area contributed by atoms with Gasteiger partial charge in [-0.25, -0.2) is 4.79 Å². The van der Waals surface area contributed by atoms with Gasteiger partial charge in [-0.1, -0.05) is 32.6 Å². The lowest BCUT2D eigenvalue weighted by Gasteiger charge is -2.21. The van der Waals surface area contributed by atoms with Crippen molar-refractivity contribution in [3.63, 3.8) is 0 Å². The highest BCUT2D eigenvalue weighted by atomic mass is 16.4. The third kappa shape index (κ3) is 2.89. The molecule has 3 heteroatoms. The van der Waals surface area contributed by atoms with E-state index in [0.717, 1.165) is 24.2 Å². The third-order valence-electron chi connectivity index (χ3n) is 3.74. The lowest BCUT2D eigenvalue weighted by Crippen LogP contribution is -2.11. The van der Waals surface area contributed by atoms with Gasteiger partial charge >= 0.3 is 5.97 Å². The maximum atomic E-state index is 11.1. The van der Waals surface area contributed by atoms with Gasteiger partial charge in [-0.2, -0.15) is 0 Å². The second-order valence-corrected chi connectivity index (χ2v) is 5.12. The molecule has 98 valence electrons. The highest BCUT2D eigenvalue weighted by molar-refractivity contribution is 5.88. The number of carboxylic acid groups (broad SMARTS) is 1. The van der Waals surface area contributed by atoms with Gasteiger partial charge in [0.25, 0.3) is 0 Å². The van der Waals surface area contributed by atoms with Crippen molar-refractivity contribution in [3.8, 4) is 0 Å². The average Bonchev–Trinajstić information content (AvgIpc) is 2.40. The van der Waals surface area contributed by atoms with Gasteiger partial charge in [0.05, 0.1) is 11.3 Å². The van der Waals surface area contributed by atoms with Gasteiger partial charge in [0.2, 0.25) is 0 Å². The Hall–Kier alpha value is -1.38. The van der Waals surface area contributed by atoms with E-state index in [4.69, 9.17) is 5.11 Å². The summed E-state index contributed by atoms with van der Waals surface area (Å²) in [7, 11) is 0. The predicted octanol–water partition coefficient (Wildman–Crippen LogP) is 3.78. The third-order valence-corrected chi connectivity index (χ3v) is 3.74. The van der Waals surface area contributed by atoms with Crippen LogP contribution in [-0.4, -0.2) is 16.1 Å². The summed E-state index contributed by atoms with van der Waals surface area (Å²) in [6.07, 6.45) is 7.96. The molecule has 0 saturated heterocycles. The molecule has 0 atom stereocenters. The molecule has 2 rings (SSSR count). The van der Waals surface area contributed by atoms with Crippen LogP contribution in [0, 0.1) is 0 Å². The van der Waals surface area contributed by atoms with E-state index in [0.29, 0.717) is 11.5 Å². The minimum Gasteiger partial charge on any atom is -0.478 e. The molecule has 18 heavy (non-hydrogen) atoms. The molecule has 1 aromatic heterocycles. The van der Waals surface area contributed by atoms with E-state index >= 15 is 0 Å². The maximum absolute atomic E-state index is 11.1. The van der Waals surface area contributed by atoms with E-state index in [1.165, 1.54) is 32.1 Å². The van der Waals surface area contributed by atoms with Crippen LogP contribution in [0.2, 0.25) is 0 Å². The summed E-state index contributed by atoms with van der Waals surface area (Å²) >= 11 is 0. The van der Waals surface area contributed by atoms with Gasteiger partial charge in [0.1, 0.15) is 0 Å². The molecule has 0 amide bonds. The number of carboxylic acids is 1. The Morgan fingerprint density at radius 3 is 2.67 bits per heavy atom. The molecule has 1 aromatic rings. The summed E-state index contributed by atoms with van der Waals surface area (Å²) in [4.78, 5) is 15.8. The zero-order valence-electron chi connectivity index (χ0n) is 11.0. The molecule has 0 spiro atoms. The first kappa shape index (κ1) is 13.1. The predicted molar refractivity (Wildman–Crippen MR) is 71.0 cm³/mol. The number of aryl methyl sites for hydroxylation is 1. The standard InChI is InChI=1S/C15H21NO2/c1-2-6-14-12(15(17)18)9-10-13(16-14)11-7-4-3-5-8-11/h9-11H,2-8H2,1H3,(H,17,18). The maximum Gasteiger partial charge on any atom is 0.337 e. The smallest absolute Gasteiger partial charge is 0.337 e. The Morgan fingerprint density at radius 1 is 1.33 bits per heavy atom. The Morgan fingerprint density at radius 2 is 2.06 bits per heavy atom.